The van der Waals surface area contributed by atoms with Gasteiger partial charge in [0.05, 0.1) is 25.1 Å². The number of hydrogen-bond donors (Lipinski definition) is 8. The lowest BCUT2D eigenvalue weighted by atomic mass is 9.90. The van der Waals surface area contributed by atoms with E-state index < -0.39 is 84.2 Å². The van der Waals surface area contributed by atoms with E-state index in [-0.39, 0.29) is 38.0 Å². The molecule has 15 nitrogen and oxygen atoms in total. The number of carbonyl (C=O) groups excluding carboxylic acids is 7. The van der Waals surface area contributed by atoms with Crippen LogP contribution in [0.5, 0.6) is 0 Å². The molecule has 0 radical (unpaired) electrons. The lowest BCUT2D eigenvalue weighted by Crippen LogP contribution is -2.51. The van der Waals surface area contributed by atoms with Crippen LogP contribution in [-0.2, 0) is 40.0 Å². The van der Waals surface area contributed by atoms with Crippen LogP contribution in [0.3, 0.4) is 0 Å². The van der Waals surface area contributed by atoms with E-state index in [1.54, 1.807) is 38.1 Å². The molecule has 0 bridgehead atoms. The predicted molar refractivity (Wildman–Crippen MR) is 174 cm³/mol. The molecule has 0 aromatic heterocycles. The van der Waals surface area contributed by atoms with Gasteiger partial charge in [-0.3, -0.25) is 33.6 Å². The number of primary amides is 2. The number of aliphatic hydroxyl groups excluding tert-OH is 1. The first-order chi connectivity index (χ1) is 22.1. The van der Waals surface area contributed by atoms with Crippen LogP contribution in [0.1, 0.15) is 64.4 Å². The molecule has 47 heavy (non-hydrogen) atoms. The van der Waals surface area contributed by atoms with Crippen molar-refractivity contribution in [1.29, 1.82) is 0 Å². The zero-order valence-corrected chi connectivity index (χ0v) is 27.6. The Morgan fingerprint density at radius 1 is 0.830 bits per heavy atom. The van der Waals surface area contributed by atoms with Crippen LogP contribution in [-0.4, -0.2) is 83.5 Å². The number of aliphatic hydroxyl groups is 1. The third-order valence-corrected chi connectivity index (χ3v) is 7.67. The quantitative estimate of drug-likeness (QED) is 0.0634. The third-order valence-electron chi connectivity index (χ3n) is 7.42. The number of nitrogens with one attached hydrogen (secondary N) is 3. The molecule has 5 amide bonds. The van der Waals surface area contributed by atoms with Gasteiger partial charge in [-0.15, -0.1) is 0 Å². The standard InChI is InChI=1S/C31H48ClN7O8/c1-17(2)28(29(36)45)39-27(44)11-10-24(41)23(15-26(35)43)37-30(46)19(5-3-4-12-33)14-25(42)22(38-31(47)21(34)16-40)13-18-6-8-20(32)9-7-18/h6-9,17,19,21-23,28,40H,3-5,10-16,33-34H2,1-2H3,(H2,35,43)(H2,36,45)(H,37,46)(H,38,47)(H,39,44)/t19-,21+,22+,23+,28?/m1/s1. The first-order valence-electron chi connectivity index (χ1n) is 15.4. The Morgan fingerprint density at radius 2 is 1.45 bits per heavy atom. The molecular weight excluding hydrogens is 634 g/mol. The summed E-state index contributed by atoms with van der Waals surface area (Å²) < 4.78 is 0. The summed E-state index contributed by atoms with van der Waals surface area (Å²) in [7, 11) is 0. The van der Waals surface area contributed by atoms with Gasteiger partial charge in [-0.1, -0.05) is 44.0 Å². The molecule has 5 atom stereocenters. The molecule has 0 saturated heterocycles. The number of carbonyl (C=O) groups is 7. The number of nitrogens with two attached hydrogens (primary N) is 4. The second kappa shape index (κ2) is 21.1. The van der Waals surface area contributed by atoms with Crippen molar-refractivity contribution in [2.75, 3.05) is 13.2 Å². The lowest BCUT2D eigenvalue weighted by molar-refractivity contribution is -0.135. The summed E-state index contributed by atoms with van der Waals surface area (Å²) in [5, 5.41) is 17.3. The highest BCUT2D eigenvalue weighted by molar-refractivity contribution is 6.30. The maximum atomic E-state index is 13.6. The van der Waals surface area contributed by atoms with E-state index in [0.717, 1.165) is 0 Å². The van der Waals surface area contributed by atoms with Crippen LogP contribution in [0.4, 0.5) is 0 Å². The van der Waals surface area contributed by atoms with E-state index in [0.29, 0.717) is 30.0 Å². The van der Waals surface area contributed by atoms with Crippen molar-refractivity contribution in [3.8, 4) is 0 Å². The number of unbranched alkanes of at least 4 members (excludes halogenated alkanes) is 1. The largest absolute Gasteiger partial charge is 0.394 e. The smallest absolute Gasteiger partial charge is 0.240 e. The van der Waals surface area contributed by atoms with E-state index in [1.165, 1.54) is 0 Å². The average molecular weight is 682 g/mol. The number of benzene rings is 1. The number of hydrogen-bond acceptors (Lipinski definition) is 10. The van der Waals surface area contributed by atoms with Gasteiger partial charge in [0, 0.05) is 30.2 Å². The minimum Gasteiger partial charge on any atom is -0.394 e. The number of amides is 5. The second-order valence-corrected chi connectivity index (χ2v) is 12.2. The van der Waals surface area contributed by atoms with Crippen molar-refractivity contribution < 1.29 is 38.7 Å². The molecule has 0 heterocycles. The van der Waals surface area contributed by atoms with E-state index in [4.69, 9.17) is 34.5 Å². The molecule has 0 aliphatic rings. The Balaban J connectivity index is 3.15. The fraction of sp³-hybridized carbons (Fsp3) is 0.581. The first-order valence-corrected chi connectivity index (χ1v) is 15.8. The Kier molecular flexibility index (Phi) is 18.4. The topological polar surface area (TPSA) is 280 Å². The Hall–Kier alpha value is -3.92. The molecule has 0 saturated carbocycles. The van der Waals surface area contributed by atoms with Gasteiger partial charge in [0.15, 0.2) is 11.6 Å². The summed E-state index contributed by atoms with van der Waals surface area (Å²) in [4.78, 5) is 88.5. The van der Waals surface area contributed by atoms with Crippen molar-refractivity contribution in [3.63, 3.8) is 0 Å². The minimum absolute atomic E-state index is 0.0370. The molecule has 262 valence electrons. The zero-order valence-electron chi connectivity index (χ0n) is 26.8. The van der Waals surface area contributed by atoms with Crippen LogP contribution >= 0.6 is 11.6 Å². The number of ketones is 2. The van der Waals surface area contributed by atoms with Crippen molar-refractivity contribution in [3.05, 3.63) is 34.9 Å². The Labute approximate surface area is 279 Å². The van der Waals surface area contributed by atoms with Crippen LogP contribution in [0.25, 0.3) is 0 Å². The van der Waals surface area contributed by atoms with Crippen molar-refractivity contribution in [1.82, 2.24) is 16.0 Å². The molecule has 0 fully saturated rings. The maximum Gasteiger partial charge on any atom is 0.240 e. The number of halogens is 1. The molecule has 16 heteroatoms. The average Bonchev–Trinajstić information content (AvgIpc) is 3.01. The molecule has 1 unspecified atom stereocenters. The van der Waals surface area contributed by atoms with Crippen molar-refractivity contribution in [2.45, 2.75) is 89.4 Å². The SMILES string of the molecule is CC(C)C(NC(=O)CCC(=O)[C@H](CC(N)=O)NC(=O)[C@H](CCCCN)CC(=O)[C@H](Cc1ccc(Cl)cc1)NC(=O)[C@@H](N)CO)C(N)=O. The highest BCUT2D eigenvalue weighted by Crippen LogP contribution is 2.18. The molecule has 0 aliphatic carbocycles. The molecule has 12 N–H and O–H groups in total. The molecule has 1 rings (SSSR count). The fourth-order valence-electron chi connectivity index (χ4n) is 4.67. The molecule has 0 spiro atoms. The van der Waals surface area contributed by atoms with Crippen molar-refractivity contribution >= 4 is 52.7 Å². The molecule has 0 aliphatic heterocycles. The summed E-state index contributed by atoms with van der Waals surface area (Å²) in [6.07, 6.45) is -0.420. The monoisotopic (exact) mass is 681 g/mol. The highest BCUT2D eigenvalue weighted by atomic mass is 35.5. The summed E-state index contributed by atoms with van der Waals surface area (Å²) in [5.74, 6) is -6.19. The minimum atomic E-state index is -1.39. The summed E-state index contributed by atoms with van der Waals surface area (Å²) in [6, 6.07) is 1.83. The van der Waals surface area contributed by atoms with Gasteiger partial charge in [0.25, 0.3) is 0 Å². The van der Waals surface area contributed by atoms with Crippen LogP contribution in [0, 0.1) is 11.8 Å². The van der Waals surface area contributed by atoms with Gasteiger partial charge >= 0.3 is 0 Å². The van der Waals surface area contributed by atoms with Gasteiger partial charge in [-0.25, -0.2) is 0 Å². The Morgan fingerprint density at radius 3 is 1.98 bits per heavy atom. The molecular formula is C31H48ClN7O8. The van der Waals surface area contributed by atoms with E-state index >= 15 is 0 Å². The highest BCUT2D eigenvalue weighted by Gasteiger charge is 2.32. The van der Waals surface area contributed by atoms with E-state index in [9.17, 15) is 38.7 Å². The molecule has 1 aromatic carbocycles. The van der Waals surface area contributed by atoms with Gasteiger partial charge in [0.2, 0.25) is 29.5 Å². The van der Waals surface area contributed by atoms with Gasteiger partial charge in [-0.2, -0.15) is 0 Å². The van der Waals surface area contributed by atoms with Crippen LogP contribution < -0.4 is 38.9 Å². The van der Waals surface area contributed by atoms with E-state index in [2.05, 4.69) is 16.0 Å². The van der Waals surface area contributed by atoms with Gasteiger partial charge in [-0.05, 0) is 49.4 Å². The first kappa shape index (κ1) is 41.1. The number of Topliss-reactive ketones (excluding diaryl/α,β-unsaturated/α-hetero) is 2. The van der Waals surface area contributed by atoms with Crippen LogP contribution in [0.2, 0.25) is 5.02 Å². The summed E-state index contributed by atoms with van der Waals surface area (Å²) in [6.45, 7) is 3.05. The summed E-state index contributed by atoms with van der Waals surface area (Å²) in [5.41, 5.74) is 22.6. The fourth-order valence-corrected chi connectivity index (χ4v) is 4.79. The Bertz CT molecular complexity index is 1240. The normalized spacial score (nSPS) is 14.3. The van der Waals surface area contributed by atoms with Crippen molar-refractivity contribution in [2.24, 2.45) is 34.8 Å². The van der Waals surface area contributed by atoms with Gasteiger partial charge in [0.1, 0.15) is 12.1 Å². The predicted octanol–water partition coefficient (Wildman–Crippen LogP) is -1.27. The van der Waals surface area contributed by atoms with Crippen LogP contribution in [0.15, 0.2) is 24.3 Å². The third kappa shape index (κ3) is 15.5. The van der Waals surface area contributed by atoms with Gasteiger partial charge < -0.3 is 44.0 Å². The number of rotatable bonds is 23. The maximum absolute atomic E-state index is 13.6. The zero-order chi connectivity index (χ0) is 35.7. The van der Waals surface area contributed by atoms with E-state index in [1.807, 2.05) is 0 Å². The second-order valence-electron chi connectivity index (χ2n) is 11.7. The molecule has 1 aromatic rings. The lowest BCUT2D eigenvalue weighted by Gasteiger charge is -2.24. The summed E-state index contributed by atoms with van der Waals surface area (Å²) >= 11 is 5.97.